The third-order valence-electron chi connectivity index (χ3n) is 4.44. The van der Waals surface area contributed by atoms with Gasteiger partial charge in [-0.1, -0.05) is 66.2 Å². The van der Waals surface area contributed by atoms with Crippen LogP contribution in [0.5, 0.6) is 0 Å². The molecule has 0 saturated heterocycles. The molecule has 0 aliphatic rings. The number of carbonyl (C=O) groups excluding carboxylic acids is 1. The summed E-state index contributed by atoms with van der Waals surface area (Å²) in [6.07, 6.45) is 1.97. The van der Waals surface area contributed by atoms with E-state index in [4.69, 9.17) is 11.6 Å². The zero-order chi connectivity index (χ0) is 17.9. The number of aromatic nitrogens is 1. The second kappa shape index (κ2) is 7.11. The summed E-state index contributed by atoms with van der Waals surface area (Å²) in [4.78, 5) is 12.8. The number of pyridine rings is 1. The van der Waals surface area contributed by atoms with E-state index in [2.05, 4.69) is 12.1 Å². The number of hydrogen-bond acceptors (Lipinski definition) is 1. The maximum Gasteiger partial charge on any atom is 0.227 e. The highest BCUT2D eigenvalue weighted by Crippen LogP contribution is 2.27. The van der Waals surface area contributed by atoms with Gasteiger partial charge in [0.15, 0.2) is 6.20 Å². The van der Waals surface area contributed by atoms with Gasteiger partial charge in [0.2, 0.25) is 18.0 Å². The van der Waals surface area contributed by atoms with Crippen LogP contribution in [0, 0.1) is 0 Å². The molecule has 1 heterocycles. The lowest BCUT2D eigenvalue weighted by atomic mass is 10.0. The molecule has 3 heteroatoms. The number of Topliss-reactive ketones (excluding diaryl/α,β-unsaturated/α-hetero) is 1. The minimum Gasteiger partial charge on any atom is -0.287 e. The van der Waals surface area contributed by atoms with E-state index in [1.807, 2.05) is 83.6 Å². The van der Waals surface area contributed by atoms with E-state index in [1.165, 1.54) is 0 Å². The molecule has 0 fully saturated rings. The van der Waals surface area contributed by atoms with Crippen molar-refractivity contribution in [2.24, 2.45) is 0 Å². The number of halogens is 1. The van der Waals surface area contributed by atoms with E-state index in [0.717, 1.165) is 22.0 Å². The highest BCUT2D eigenvalue weighted by atomic mass is 35.5. The highest BCUT2D eigenvalue weighted by Gasteiger charge is 2.21. The highest BCUT2D eigenvalue weighted by molar-refractivity contribution is 6.30. The van der Waals surface area contributed by atoms with Crippen LogP contribution in [0.25, 0.3) is 22.0 Å². The first-order valence-electron chi connectivity index (χ1n) is 8.48. The molecule has 126 valence electrons. The first kappa shape index (κ1) is 16.5. The monoisotopic (exact) mass is 358 g/mol. The van der Waals surface area contributed by atoms with Crippen molar-refractivity contribution < 1.29 is 9.36 Å². The SMILES string of the molecule is O=C(C[n+]1ccc2ccccc2c1-c1cccc(Cl)c1)c1ccccc1. The second-order valence-electron chi connectivity index (χ2n) is 6.18. The molecule has 0 saturated carbocycles. The number of carbonyl (C=O) groups is 1. The Kier molecular flexibility index (Phi) is 4.51. The smallest absolute Gasteiger partial charge is 0.227 e. The molecule has 0 bridgehead atoms. The average molecular weight is 359 g/mol. The third kappa shape index (κ3) is 3.24. The number of hydrogen-bond donors (Lipinski definition) is 0. The van der Waals surface area contributed by atoms with Gasteiger partial charge in [-0.25, -0.2) is 0 Å². The molecule has 0 N–H and O–H groups in total. The van der Waals surface area contributed by atoms with Gasteiger partial charge >= 0.3 is 0 Å². The number of rotatable bonds is 4. The Morgan fingerprint density at radius 3 is 2.42 bits per heavy atom. The molecule has 0 unspecified atom stereocenters. The van der Waals surface area contributed by atoms with Gasteiger partial charge in [0.1, 0.15) is 0 Å². The molecule has 1 aromatic heterocycles. The van der Waals surface area contributed by atoms with E-state index in [9.17, 15) is 4.79 Å². The normalized spacial score (nSPS) is 10.8. The molecule has 2 nitrogen and oxygen atoms in total. The van der Waals surface area contributed by atoms with Crippen molar-refractivity contribution in [1.82, 2.24) is 0 Å². The minimum absolute atomic E-state index is 0.0779. The zero-order valence-corrected chi connectivity index (χ0v) is 14.9. The summed E-state index contributed by atoms with van der Waals surface area (Å²) in [5, 5.41) is 2.90. The van der Waals surface area contributed by atoms with Crippen LogP contribution in [0.3, 0.4) is 0 Å². The van der Waals surface area contributed by atoms with Crippen LogP contribution in [-0.2, 0) is 6.54 Å². The van der Waals surface area contributed by atoms with Crippen LogP contribution in [0.2, 0.25) is 5.02 Å². The molecule has 4 rings (SSSR count). The Hall–Kier alpha value is -2.97. The maximum absolute atomic E-state index is 12.8. The lowest BCUT2D eigenvalue weighted by Gasteiger charge is -2.08. The number of ketones is 1. The van der Waals surface area contributed by atoms with Gasteiger partial charge in [-0.3, -0.25) is 4.79 Å². The zero-order valence-electron chi connectivity index (χ0n) is 14.1. The van der Waals surface area contributed by atoms with Crippen molar-refractivity contribution in [3.05, 3.63) is 102 Å². The fraction of sp³-hybridized carbons (Fsp3) is 0.0435. The first-order valence-corrected chi connectivity index (χ1v) is 8.85. The van der Waals surface area contributed by atoms with Crippen LogP contribution in [0.1, 0.15) is 10.4 Å². The second-order valence-corrected chi connectivity index (χ2v) is 6.62. The first-order chi connectivity index (χ1) is 12.7. The Morgan fingerprint density at radius 1 is 0.846 bits per heavy atom. The standard InChI is InChI=1S/C23H17ClNO/c24-20-11-6-10-19(15-20)23-21-12-5-4-7-17(21)13-14-25(23)16-22(26)18-8-2-1-3-9-18/h1-15H,16H2/q+1. The summed E-state index contributed by atoms with van der Waals surface area (Å²) in [5.41, 5.74) is 2.70. The van der Waals surface area contributed by atoms with Crippen molar-refractivity contribution in [3.63, 3.8) is 0 Å². The molecular weight excluding hydrogens is 342 g/mol. The molecule has 0 aliphatic heterocycles. The van der Waals surface area contributed by atoms with Crippen molar-refractivity contribution in [3.8, 4) is 11.3 Å². The van der Waals surface area contributed by atoms with Crippen LogP contribution >= 0.6 is 11.6 Å². The van der Waals surface area contributed by atoms with Gasteiger partial charge in [-0.05, 0) is 29.7 Å². The van der Waals surface area contributed by atoms with Crippen LogP contribution in [0.4, 0.5) is 0 Å². The molecule has 0 aliphatic carbocycles. The number of benzene rings is 3. The van der Waals surface area contributed by atoms with Crippen molar-refractivity contribution in [2.45, 2.75) is 6.54 Å². The predicted molar refractivity (Wildman–Crippen MR) is 105 cm³/mol. The Bertz CT molecular complexity index is 1090. The van der Waals surface area contributed by atoms with Gasteiger partial charge in [0, 0.05) is 22.2 Å². The summed E-state index contributed by atoms with van der Waals surface area (Å²) < 4.78 is 2.00. The average Bonchev–Trinajstić information content (AvgIpc) is 2.68. The van der Waals surface area contributed by atoms with Gasteiger partial charge in [-0.15, -0.1) is 0 Å². The van der Waals surface area contributed by atoms with E-state index in [-0.39, 0.29) is 12.3 Å². The molecule has 4 aromatic rings. The van der Waals surface area contributed by atoms with Crippen LogP contribution in [0.15, 0.2) is 91.1 Å². The van der Waals surface area contributed by atoms with Crippen molar-refractivity contribution in [2.75, 3.05) is 0 Å². The Labute approximate surface area is 157 Å². The summed E-state index contributed by atoms with van der Waals surface area (Å²) in [6, 6.07) is 27.4. The fourth-order valence-electron chi connectivity index (χ4n) is 3.22. The van der Waals surface area contributed by atoms with Crippen LogP contribution in [-0.4, -0.2) is 5.78 Å². The van der Waals surface area contributed by atoms with Gasteiger partial charge in [0.25, 0.3) is 0 Å². The summed E-state index contributed by atoms with van der Waals surface area (Å²) in [6.45, 7) is 0.274. The van der Waals surface area contributed by atoms with Gasteiger partial charge in [0.05, 0.1) is 5.39 Å². The molecule has 0 spiro atoms. The van der Waals surface area contributed by atoms with Crippen molar-refractivity contribution in [1.29, 1.82) is 0 Å². The van der Waals surface area contributed by atoms with Crippen LogP contribution < -0.4 is 4.57 Å². The molecule has 0 atom stereocenters. The van der Waals surface area contributed by atoms with E-state index >= 15 is 0 Å². The molecule has 0 radical (unpaired) electrons. The Balaban J connectivity index is 1.87. The maximum atomic E-state index is 12.8. The fourth-order valence-corrected chi connectivity index (χ4v) is 3.41. The predicted octanol–water partition coefficient (Wildman–Crippen LogP) is 5.33. The quantitative estimate of drug-likeness (QED) is 0.357. The summed E-state index contributed by atoms with van der Waals surface area (Å²) >= 11 is 6.22. The Morgan fingerprint density at radius 2 is 1.62 bits per heavy atom. The molecule has 26 heavy (non-hydrogen) atoms. The third-order valence-corrected chi connectivity index (χ3v) is 4.68. The topological polar surface area (TPSA) is 20.9 Å². The van der Waals surface area contributed by atoms with Gasteiger partial charge in [-0.2, -0.15) is 4.57 Å². The van der Waals surface area contributed by atoms with E-state index < -0.39 is 0 Å². The van der Waals surface area contributed by atoms with Crippen molar-refractivity contribution >= 4 is 28.2 Å². The van der Waals surface area contributed by atoms with E-state index in [0.29, 0.717) is 10.6 Å². The number of fused-ring (bicyclic) bond motifs is 1. The minimum atomic E-state index is 0.0779. The number of nitrogens with zero attached hydrogens (tertiary/aromatic N) is 1. The molecule has 3 aromatic carbocycles. The van der Waals surface area contributed by atoms with E-state index in [1.54, 1.807) is 0 Å². The molecule has 0 amide bonds. The molecular formula is C23H17ClNO+. The summed E-state index contributed by atoms with van der Waals surface area (Å²) in [5.74, 6) is 0.0779. The lowest BCUT2D eigenvalue weighted by Crippen LogP contribution is -2.40. The lowest BCUT2D eigenvalue weighted by molar-refractivity contribution is -0.671. The largest absolute Gasteiger partial charge is 0.287 e. The van der Waals surface area contributed by atoms with Gasteiger partial charge < -0.3 is 0 Å². The summed E-state index contributed by atoms with van der Waals surface area (Å²) in [7, 11) is 0.